The number of fused-ring (bicyclic) bond motifs is 5. The monoisotopic (exact) mass is 313 g/mol. The van der Waals surface area contributed by atoms with Crippen molar-refractivity contribution in [2.24, 2.45) is 0 Å². The minimum atomic E-state index is 0.983. The van der Waals surface area contributed by atoms with Crippen LogP contribution in [-0.2, 0) is 12.8 Å². The Morgan fingerprint density at radius 1 is 0.708 bits per heavy atom. The fraction of sp³-hybridized carbons (Fsp3) is 0.217. The SMILES string of the molecule is C1=CCNC=C1.c1ccc2c(c1)ccc1c3c(ccc12)CCCC3. The van der Waals surface area contributed by atoms with Crippen LogP contribution in [0.1, 0.15) is 24.0 Å². The molecule has 1 nitrogen and oxygen atoms in total. The van der Waals surface area contributed by atoms with E-state index in [1.807, 2.05) is 18.4 Å². The van der Waals surface area contributed by atoms with Gasteiger partial charge in [0.15, 0.2) is 0 Å². The Morgan fingerprint density at radius 2 is 1.58 bits per heavy atom. The van der Waals surface area contributed by atoms with Crippen LogP contribution in [0.3, 0.4) is 0 Å². The van der Waals surface area contributed by atoms with E-state index >= 15 is 0 Å². The number of rotatable bonds is 0. The lowest BCUT2D eigenvalue weighted by Crippen LogP contribution is -2.05. The van der Waals surface area contributed by atoms with E-state index in [9.17, 15) is 0 Å². The Bertz CT molecular complexity index is 906. The van der Waals surface area contributed by atoms with Gasteiger partial charge in [-0.15, -0.1) is 0 Å². The van der Waals surface area contributed by atoms with Crippen molar-refractivity contribution in [1.29, 1.82) is 0 Å². The summed E-state index contributed by atoms with van der Waals surface area (Å²) in [6, 6.07) is 18.0. The Labute approximate surface area is 143 Å². The summed E-state index contributed by atoms with van der Waals surface area (Å²) in [5.74, 6) is 0. The highest BCUT2D eigenvalue weighted by Gasteiger charge is 2.13. The third-order valence-electron chi connectivity index (χ3n) is 4.95. The predicted molar refractivity (Wildman–Crippen MR) is 104 cm³/mol. The zero-order valence-electron chi connectivity index (χ0n) is 14.0. The van der Waals surface area contributed by atoms with Gasteiger partial charge in [-0.1, -0.05) is 60.7 Å². The minimum Gasteiger partial charge on any atom is -0.387 e. The van der Waals surface area contributed by atoms with Crippen molar-refractivity contribution in [3.05, 3.63) is 84.1 Å². The molecule has 5 rings (SSSR count). The second-order valence-corrected chi connectivity index (χ2v) is 6.49. The molecule has 0 unspecified atom stereocenters. The quantitative estimate of drug-likeness (QED) is 0.538. The standard InChI is InChI=1S/C18H16.C5H7N/c1-3-7-15-13(5-1)9-11-18-16-8-4-2-6-14(16)10-12-17(15)18;1-2-4-6-5-3-1/h1,3,5,7,9-12H,2,4,6,8H2;1-4,6H,5H2. The molecule has 0 amide bonds. The van der Waals surface area contributed by atoms with E-state index in [-0.39, 0.29) is 0 Å². The second-order valence-electron chi connectivity index (χ2n) is 6.49. The molecule has 0 saturated heterocycles. The van der Waals surface area contributed by atoms with Crippen LogP contribution in [0.15, 0.2) is 73.0 Å². The summed E-state index contributed by atoms with van der Waals surface area (Å²) in [4.78, 5) is 0. The first-order chi connectivity index (χ1) is 11.9. The Morgan fingerprint density at radius 3 is 2.38 bits per heavy atom. The number of benzene rings is 3. The van der Waals surface area contributed by atoms with Gasteiger partial charge in [0, 0.05) is 6.54 Å². The van der Waals surface area contributed by atoms with Crippen LogP contribution >= 0.6 is 0 Å². The van der Waals surface area contributed by atoms with E-state index in [2.05, 4.69) is 59.9 Å². The van der Waals surface area contributed by atoms with Crippen molar-refractivity contribution in [1.82, 2.24) is 5.32 Å². The number of hydrogen-bond donors (Lipinski definition) is 1. The zero-order valence-corrected chi connectivity index (χ0v) is 14.0. The molecule has 1 heterocycles. The molecule has 3 aromatic carbocycles. The maximum atomic E-state index is 3.02. The van der Waals surface area contributed by atoms with Crippen LogP contribution in [0.5, 0.6) is 0 Å². The molecule has 1 aliphatic heterocycles. The summed E-state index contributed by atoms with van der Waals surface area (Å²) in [6.07, 6.45) is 13.2. The van der Waals surface area contributed by atoms with Gasteiger partial charge in [0.05, 0.1) is 0 Å². The van der Waals surface area contributed by atoms with Crippen molar-refractivity contribution in [2.75, 3.05) is 6.54 Å². The van der Waals surface area contributed by atoms with Crippen molar-refractivity contribution >= 4 is 21.5 Å². The minimum absolute atomic E-state index is 0.983. The van der Waals surface area contributed by atoms with Gasteiger partial charge >= 0.3 is 0 Å². The van der Waals surface area contributed by atoms with Gasteiger partial charge in [0.1, 0.15) is 0 Å². The van der Waals surface area contributed by atoms with Crippen LogP contribution in [0, 0.1) is 0 Å². The fourth-order valence-electron chi connectivity index (χ4n) is 3.75. The molecular weight excluding hydrogens is 290 g/mol. The molecule has 0 fully saturated rings. The number of allylic oxidation sites excluding steroid dienone is 2. The van der Waals surface area contributed by atoms with E-state index in [0.717, 1.165) is 6.54 Å². The molecule has 1 aliphatic carbocycles. The van der Waals surface area contributed by atoms with E-state index in [0.29, 0.717) is 0 Å². The number of hydrogen-bond acceptors (Lipinski definition) is 1. The summed E-state index contributed by atoms with van der Waals surface area (Å²) in [5, 5.41) is 8.66. The average molecular weight is 313 g/mol. The van der Waals surface area contributed by atoms with Gasteiger partial charge in [-0.3, -0.25) is 0 Å². The van der Waals surface area contributed by atoms with Crippen LogP contribution in [0.4, 0.5) is 0 Å². The number of dihydropyridines is 1. The maximum Gasteiger partial charge on any atom is 0.0328 e. The molecule has 1 heteroatoms. The molecular formula is C23H23N. The highest BCUT2D eigenvalue weighted by molar-refractivity contribution is 6.08. The highest BCUT2D eigenvalue weighted by Crippen LogP contribution is 2.33. The van der Waals surface area contributed by atoms with Gasteiger partial charge in [0.2, 0.25) is 0 Å². The molecule has 2 aliphatic rings. The van der Waals surface area contributed by atoms with Gasteiger partial charge in [-0.05, 0) is 70.6 Å². The summed E-state index contributed by atoms with van der Waals surface area (Å²) in [7, 11) is 0. The van der Waals surface area contributed by atoms with Gasteiger partial charge in [-0.2, -0.15) is 0 Å². The average Bonchev–Trinajstić information content (AvgIpc) is 2.69. The Balaban J connectivity index is 0.000000207. The largest absolute Gasteiger partial charge is 0.387 e. The lowest BCUT2D eigenvalue weighted by Gasteiger charge is -2.18. The van der Waals surface area contributed by atoms with E-state index in [1.54, 1.807) is 11.1 Å². The molecule has 0 atom stereocenters. The molecule has 3 aromatic rings. The summed E-state index contributed by atoms with van der Waals surface area (Å²) in [5.41, 5.74) is 3.17. The molecule has 0 spiro atoms. The summed E-state index contributed by atoms with van der Waals surface area (Å²) >= 11 is 0. The van der Waals surface area contributed by atoms with E-state index < -0.39 is 0 Å². The van der Waals surface area contributed by atoms with Crippen molar-refractivity contribution in [3.63, 3.8) is 0 Å². The normalized spacial score (nSPS) is 15.5. The number of nitrogens with one attached hydrogen (secondary N) is 1. The lowest BCUT2D eigenvalue weighted by molar-refractivity contribution is 0.690. The van der Waals surface area contributed by atoms with E-state index in [4.69, 9.17) is 0 Å². The predicted octanol–water partition coefficient (Wildman–Crippen LogP) is 5.53. The van der Waals surface area contributed by atoms with Crippen LogP contribution in [-0.4, -0.2) is 6.54 Å². The molecule has 24 heavy (non-hydrogen) atoms. The molecule has 0 bridgehead atoms. The topological polar surface area (TPSA) is 12.0 Å². The van der Waals surface area contributed by atoms with Crippen molar-refractivity contribution < 1.29 is 0 Å². The molecule has 1 N–H and O–H groups in total. The zero-order chi connectivity index (χ0) is 16.2. The smallest absolute Gasteiger partial charge is 0.0328 e. The van der Waals surface area contributed by atoms with Crippen LogP contribution in [0.25, 0.3) is 21.5 Å². The second kappa shape index (κ2) is 6.92. The maximum absolute atomic E-state index is 3.02. The lowest BCUT2D eigenvalue weighted by atomic mass is 9.86. The van der Waals surface area contributed by atoms with Gasteiger partial charge in [-0.25, -0.2) is 0 Å². The number of aryl methyl sites for hydroxylation is 2. The van der Waals surface area contributed by atoms with Gasteiger partial charge < -0.3 is 5.32 Å². The fourth-order valence-corrected chi connectivity index (χ4v) is 3.75. The van der Waals surface area contributed by atoms with Crippen molar-refractivity contribution in [3.8, 4) is 0 Å². The van der Waals surface area contributed by atoms with Crippen molar-refractivity contribution in [2.45, 2.75) is 25.7 Å². The van der Waals surface area contributed by atoms with E-state index in [1.165, 1.54) is 47.2 Å². The Kier molecular flexibility index (Phi) is 4.33. The summed E-state index contributed by atoms with van der Waals surface area (Å²) in [6.45, 7) is 0.983. The molecule has 0 radical (unpaired) electrons. The summed E-state index contributed by atoms with van der Waals surface area (Å²) < 4.78 is 0. The third kappa shape index (κ3) is 2.94. The first-order valence-electron chi connectivity index (χ1n) is 8.91. The first kappa shape index (κ1) is 15.0. The first-order valence-corrected chi connectivity index (χ1v) is 8.91. The van der Waals surface area contributed by atoms with Crippen LogP contribution < -0.4 is 5.32 Å². The molecule has 0 saturated carbocycles. The van der Waals surface area contributed by atoms with Gasteiger partial charge in [0.25, 0.3) is 0 Å². The highest BCUT2D eigenvalue weighted by atomic mass is 14.8. The van der Waals surface area contributed by atoms with Crippen LogP contribution in [0.2, 0.25) is 0 Å². The molecule has 0 aromatic heterocycles. The molecule has 120 valence electrons. The third-order valence-corrected chi connectivity index (χ3v) is 4.95. The Hall–Kier alpha value is -2.54.